The molecule has 7 heteroatoms. The number of hydrogen-bond acceptors (Lipinski definition) is 3. The Hall–Kier alpha value is -3.35. The molecule has 3 aromatic rings. The molecule has 2 heterocycles. The first-order valence-corrected chi connectivity index (χ1v) is 7.79. The molecule has 0 bridgehead atoms. The summed E-state index contributed by atoms with van der Waals surface area (Å²) in [7, 11) is 1.56. The summed E-state index contributed by atoms with van der Waals surface area (Å²) in [5, 5.41) is 2.55. The molecular weight excluding hydrogens is 340 g/mol. The fourth-order valence-corrected chi connectivity index (χ4v) is 2.51. The molecule has 0 aliphatic rings. The highest BCUT2D eigenvalue weighted by molar-refractivity contribution is 6.03. The van der Waals surface area contributed by atoms with Crippen LogP contribution in [0, 0.1) is 11.6 Å². The van der Waals surface area contributed by atoms with Gasteiger partial charge in [-0.05, 0) is 47.9 Å². The minimum atomic E-state index is -0.638. The minimum Gasteiger partial charge on any atom is -0.318 e. The van der Waals surface area contributed by atoms with Crippen molar-refractivity contribution >= 4 is 11.7 Å². The maximum absolute atomic E-state index is 13.2. The fourth-order valence-electron chi connectivity index (χ4n) is 2.51. The van der Waals surface area contributed by atoms with Crippen LogP contribution in [0.25, 0.3) is 0 Å². The molecule has 0 fully saturated rings. The quantitative estimate of drug-likeness (QED) is 0.783. The smallest absolute Gasteiger partial charge is 0.263 e. The minimum absolute atomic E-state index is 0.0103. The van der Waals surface area contributed by atoms with Crippen LogP contribution < -0.4 is 10.9 Å². The van der Waals surface area contributed by atoms with Crippen molar-refractivity contribution in [3.05, 3.63) is 93.5 Å². The summed E-state index contributed by atoms with van der Waals surface area (Å²) in [6, 6.07) is 9.61. The lowest BCUT2D eigenvalue weighted by Gasteiger charge is -2.07. The monoisotopic (exact) mass is 355 g/mol. The number of hydrogen-bond donors (Lipinski definition) is 1. The van der Waals surface area contributed by atoms with Crippen molar-refractivity contribution < 1.29 is 13.6 Å². The van der Waals surface area contributed by atoms with Gasteiger partial charge in [-0.3, -0.25) is 9.59 Å². The predicted molar refractivity (Wildman–Crippen MR) is 93.0 cm³/mol. The first-order valence-electron chi connectivity index (χ1n) is 7.79. The van der Waals surface area contributed by atoms with Gasteiger partial charge in [0, 0.05) is 25.5 Å². The number of rotatable bonds is 4. The molecule has 0 aliphatic carbocycles. The zero-order chi connectivity index (χ0) is 18.7. The molecule has 0 radical (unpaired) electrons. The molecule has 0 unspecified atom stereocenters. The molecule has 1 N–H and O–H groups in total. The third kappa shape index (κ3) is 4.00. The predicted octanol–water partition coefficient (Wildman–Crippen LogP) is 2.90. The second-order valence-corrected chi connectivity index (χ2v) is 5.80. The van der Waals surface area contributed by atoms with Crippen LogP contribution in [0.3, 0.4) is 0 Å². The van der Waals surface area contributed by atoms with Crippen molar-refractivity contribution in [2.45, 2.75) is 6.42 Å². The van der Waals surface area contributed by atoms with Crippen LogP contribution in [0.2, 0.25) is 0 Å². The molecule has 0 saturated carbocycles. The van der Waals surface area contributed by atoms with Gasteiger partial charge in [-0.25, -0.2) is 13.8 Å². The van der Waals surface area contributed by atoms with Crippen molar-refractivity contribution in [2.75, 3.05) is 5.32 Å². The second kappa shape index (κ2) is 7.26. The summed E-state index contributed by atoms with van der Waals surface area (Å²) in [5.74, 6) is -1.56. The Labute approximate surface area is 147 Å². The van der Waals surface area contributed by atoms with E-state index in [1.807, 2.05) is 0 Å². The average molecular weight is 355 g/mol. The largest absolute Gasteiger partial charge is 0.318 e. The Morgan fingerprint density at radius 2 is 1.85 bits per heavy atom. The van der Waals surface area contributed by atoms with E-state index in [9.17, 15) is 18.4 Å². The maximum atomic E-state index is 13.2. The van der Waals surface area contributed by atoms with Gasteiger partial charge >= 0.3 is 0 Å². The Bertz CT molecular complexity index is 994. The number of amides is 1. The van der Waals surface area contributed by atoms with Gasteiger partial charge in [0.25, 0.3) is 11.5 Å². The number of carbonyl (C=O) groups excluding carboxylic acids is 1. The summed E-state index contributed by atoms with van der Waals surface area (Å²) in [5.41, 5.74) is 0.809. The van der Waals surface area contributed by atoms with E-state index in [1.54, 1.807) is 31.4 Å². The van der Waals surface area contributed by atoms with Crippen molar-refractivity contribution in [2.24, 2.45) is 7.05 Å². The van der Waals surface area contributed by atoms with E-state index in [2.05, 4.69) is 10.3 Å². The molecule has 0 atom stereocenters. The van der Waals surface area contributed by atoms with Gasteiger partial charge in [0.1, 0.15) is 23.0 Å². The van der Waals surface area contributed by atoms with E-state index in [1.165, 1.54) is 29.0 Å². The lowest BCUT2D eigenvalue weighted by atomic mass is 10.1. The average Bonchev–Trinajstić information content (AvgIpc) is 2.58. The topological polar surface area (TPSA) is 64.0 Å². The third-order valence-electron chi connectivity index (χ3n) is 3.76. The molecule has 0 aliphatic heterocycles. The van der Waals surface area contributed by atoms with Crippen LogP contribution in [0.1, 0.15) is 21.5 Å². The van der Waals surface area contributed by atoms with E-state index in [-0.39, 0.29) is 11.4 Å². The number of aromatic nitrogens is 2. The lowest BCUT2D eigenvalue weighted by molar-refractivity contribution is 0.102. The van der Waals surface area contributed by atoms with Crippen LogP contribution in [-0.2, 0) is 13.5 Å². The SMILES string of the molecule is Cn1cccc(C(=O)Nc2ccc(Cc3cc(F)cc(F)c3)cn2)c1=O. The Kier molecular flexibility index (Phi) is 4.88. The summed E-state index contributed by atoms with van der Waals surface area (Å²) in [6.45, 7) is 0. The van der Waals surface area contributed by atoms with Crippen molar-refractivity contribution in [3.8, 4) is 0 Å². The zero-order valence-corrected chi connectivity index (χ0v) is 13.9. The molecule has 1 aromatic carbocycles. The molecule has 3 rings (SSSR count). The number of halogens is 2. The number of carbonyl (C=O) groups is 1. The summed E-state index contributed by atoms with van der Waals surface area (Å²) < 4.78 is 27.8. The maximum Gasteiger partial charge on any atom is 0.263 e. The van der Waals surface area contributed by atoms with E-state index in [4.69, 9.17) is 0 Å². The van der Waals surface area contributed by atoms with E-state index < -0.39 is 23.1 Å². The van der Waals surface area contributed by atoms with Gasteiger partial charge in [0.05, 0.1) is 0 Å². The van der Waals surface area contributed by atoms with Crippen LogP contribution >= 0.6 is 0 Å². The van der Waals surface area contributed by atoms with Crippen molar-refractivity contribution in [3.63, 3.8) is 0 Å². The van der Waals surface area contributed by atoms with E-state index in [0.29, 0.717) is 12.0 Å². The van der Waals surface area contributed by atoms with Crippen molar-refractivity contribution in [1.82, 2.24) is 9.55 Å². The normalized spacial score (nSPS) is 10.6. The molecule has 5 nitrogen and oxygen atoms in total. The Balaban J connectivity index is 1.72. The van der Waals surface area contributed by atoms with Gasteiger partial charge in [-0.1, -0.05) is 6.07 Å². The van der Waals surface area contributed by atoms with Gasteiger partial charge in [0.2, 0.25) is 0 Å². The number of nitrogens with zero attached hydrogens (tertiary/aromatic N) is 2. The molecule has 0 spiro atoms. The highest BCUT2D eigenvalue weighted by Crippen LogP contribution is 2.14. The van der Waals surface area contributed by atoms with Crippen LogP contribution in [0.5, 0.6) is 0 Å². The van der Waals surface area contributed by atoms with E-state index >= 15 is 0 Å². The van der Waals surface area contributed by atoms with Gasteiger partial charge in [0.15, 0.2) is 0 Å². The highest BCUT2D eigenvalue weighted by Gasteiger charge is 2.12. The summed E-state index contributed by atoms with van der Waals surface area (Å²) in [4.78, 5) is 28.2. The summed E-state index contributed by atoms with van der Waals surface area (Å²) in [6.07, 6.45) is 3.36. The molecule has 0 saturated heterocycles. The van der Waals surface area contributed by atoms with Crippen LogP contribution in [0.15, 0.2) is 59.7 Å². The first-order chi connectivity index (χ1) is 12.4. The van der Waals surface area contributed by atoms with Crippen molar-refractivity contribution in [1.29, 1.82) is 0 Å². The molecule has 132 valence electrons. The Morgan fingerprint density at radius 1 is 1.12 bits per heavy atom. The summed E-state index contributed by atoms with van der Waals surface area (Å²) >= 11 is 0. The van der Waals surface area contributed by atoms with Gasteiger partial charge < -0.3 is 9.88 Å². The zero-order valence-electron chi connectivity index (χ0n) is 13.9. The molecular formula is C19H15F2N3O2. The highest BCUT2D eigenvalue weighted by atomic mass is 19.1. The number of aryl methyl sites for hydroxylation is 1. The standard InChI is InChI=1S/C19H15F2N3O2/c1-24-6-2-3-16(19(24)26)18(25)23-17-5-4-12(11-22-17)7-13-8-14(20)10-15(21)9-13/h2-6,8-11H,7H2,1H3,(H,22,23,25). The number of benzene rings is 1. The Morgan fingerprint density at radius 3 is 2.50 bits per heavy atom. The van der Waals surface area contributed by atoms with E-state index in [0.717, 1.165) is 11.6 Å². The molecule has 2 aromatic heterocycles. The van der Waals surface area contributed by atoms with Gasteiger partial charge in [-0.2, -0.15) is 0 Å². The number of pyridine rings is 2. The first kappa shape index (κ1) is 17.5. The number of nitrogens with one attached hydrogen (secondary N) is 1. The van der Waals surface area contributed by atoms with Crippen LogP contribution in [0.4, 0.5) is 14.6 Å². The third-order valence-corrected chi connectivity index (χ3v) is 3.76. The number of anilines is 1. The second-order valence-electron chi connectivity index (χ2n) is 5.80. The fraction of sp³-hybridized carbons (Fsp3) is 0.105. The molecule has 26 heavy (non-hydrogen) atoms. The lowest BCUT2D eigenvalue weighted by Crippen LogP contribution is -2.27. The van der Waals surface area contributed by atoms with Crippen LogP contribution in [-0.4, -0.2) is 15.5 Å². The molecule has 1 amide bonds. The van der Waals surface area contributed by atoms with Gasteiger partial charge in [-0.15, -0.1) is 0 Å².